The van der Waals surface area contributed by atoms with Gasteiger partial charge in [0.2, 0.25) is 0 Å². The number of ether oxygens (including phenoxy) is 1. The maximum atomic E-state index is 14.1. The molecule has 1 saturated heterocycles. The predicted molar refractivity (Wildman–Crippen MR) is 71.6 cm³/mol. The van der Waals surface area contributed by atoms with Crippen molar-refractivity contribution < 1.29 is 19.2 Å². The molecular weight excluding hydrogens is 267 g/mol. The fourth-order valence-electron chi connectivity index (χ4n) is 2.64. The Morgan fingerprint density at radius 3 is 2.85 bits per heavy atom. The van der Waals surface area contributed by atoms with Crippen LogP contribution in [0.25, 0.3) is 0 Å². The molecule has 1 aromatic carbocycles. The molecule has 1 aliphatic rings. The second kappa shape index (κ2) is 5.62. The molecule has 0 saturated carbocycles. The van der Waals surface area contributed by atoms with Crippen LogP contribution in [0.2, 0.25) is 0 Å². The summed E-state index contributed by atoms with van der Waals surface area (Å²) >= 11 is 0. The summed E-state index contributed by atoms with van der Waals surface area (Å²) in [5.74, 6) is -0.423. The number of anilines is 1. The molecule has 0 aliphatic carbocycles. The molecular formula is C13H17FN2O4. The zero-order valence-corrected chi connectivity index (χ0v) is 11.4. The van der Waals surface area contributed by atoms with Gasteiger partial charge >= 0.3 is 5.69 Å². The molecule has 1 heterocycles. The Kier molecular flexibility index (Phi) is 4.08. The fraction of sp³-hybridized carbons (Fsp3) is 0.538. The first kappa shape index (κ1) is 14.5. The molecule has 1 aromatic rings. The lowest BCUT2D eigenvalue weighted by molar-refractivity contribution is -0.385. The SMILES string of the molecule is COc1cc(N2CCC(C)C2CO)c(F)cc1[N+](=O)[O-]. The highest BCUT2D eigenvalue weighted by Gasteiger charge is 2.33. The van der Waals surface area contributed by atoms with Gasteiger partial charge in [-0.2, -0.15) is 0 Å². The molecule has 0 aromatic heterocycles. The van der Waals surface area contributed by atoms with Crippen molar-refractivity contribution in [3.63, 3.8) is 0 Å². The number of methoxy groups -OCH3 is 1. The van der Waals surface area contributed by atoms with Gasteiger partial charge in [-0.15, -0.1) is 0 Å². The van der Waals surface area contributed by atoms with Crippen molar-refractivity contribution in [2.75, 3.05) is 25.2 Å². The summed E-state index contributed by atoms with van der Waals surface area (Å²) in [6, 6.07) is 2.01. The number of nitro benzene ring substituents is 1. The highest BCUT2D eigenvalue weighted by molar-refractivity contribution is 5.61. The number of rotatable bonds is 4. The molecule has 20 heavy (non-hydrogen) atoms. The minimum Gasteiger partial charge on any atom is -0.490 e. The van der Waals surface area contributed by atoms with Crippen LogP contribution in [-0.2, 0) is 0 Å². The van der Waals surface area contributed by atoms with Crippen LogP contribution in [-0.4, -0.2) is 36.3 Å². The van der Waals surface area contributed by atoms with E-state index in [1.807, 2.05) is 6.92 Å². The first-order valence-electron chi connectivity index (χ1n) is 6.39. The van der Waals surface area contributed by atoms with Crippen molar-refractivity contribution in [3.05, 3.63) is 28.1 Å². The standard InChI is InChI=1S/C13H17FN2O4/c1-8-3-4-15(12(8)7-17)10-6-13(20-2)11(16(18)19)5-9(10)14/h5-6,8,12,17H,3-4,7H2,1-2H3. The average molecular weight is 284 g/mol. The van der Waals surface area contributed by atoms with Crippen molar-refractivity contribution >= 4 is 11.4 Å². The molecule has 7 heteroatoms. The van der Waals surface area contributed by atoms with Gasteiger partial charge in [-0.3, -0.25) is 10.1 Å². The third kappa shape index (κ3) is 2.40. The van der Waals surface area contributed by atoms with Crippen molar-refractivity contribution in [3.8, 4) is 5.75 Å². The quantitative estimate of drug-likeness (QED) is 0.675. The van der Waals surface area contributed by atoms with Gasteiger partial charge in [-0.05, 0) is 12.3 Å². The molecule has 2 unspecified atom stereocenters. The maximum absolute atomic E-state index is 14.1. The summed E-state index contributed by atoms with van der Waals surface area (Å²) in [6.07, 6.45) is 0.837. The number of halogens is 1. The van der Waals surface area contributed by atoms with Crippen molar-refractivity contribution in [1.29, 1.82) is 0 Å². The van der Waals surface area contributed by atoms with E-state index in [-0.39, 0.29) is 30.0 Å². The molecule has 1 N–H and O–H groups in total. The monoisotopic (exact) mass is 284 g/mol. The summed E-state index contributed by atoms with van der Waals surface area (Å²) in [7, 11) is 1.31. The van der Waals surface area contributed by atoms with Gasteiger partial charge in [0.25, 0.3) is 0 Å². The largest absolute Gasteiger partial charge is 0.490 e. The van der Waals surface area contributed by atoms with Crippen LogP contribution < -0.4 is 9.64 Å². The molecule has 110 valence electrons. The molecule has 0 bridgehead atoms. The summed E-state index contributed by atoms with van der Waals surface area (Å²) in [5, 5.41) is 20.3. The molecule has 2 atom stereocenters. The van der Waals surface area contributed by atoms with Gasteiger partial charge < -0.3 is 14.7 Å². The first-order valence-corrected chi connectivity index (χ1v) is 6.39. The zero-order chi connectivity index (χ0) is 14.9. The lowest BCUT2D eigenvalue weighted by atomic mass is 10.0. The first-order chi connectivity index (χ1) is 9.49. The van der Waals surface area contributed by atoms with Crippen LogP contribution in [0.1, 0.15) is 13.3 Å². The van der Waals surface area contributed by atoms with Gasteiger partial charge in [-0.25, -0.2) is 4.39 Å². The summed E-state index contributed by atoms with van der Waals surface area (Å²) in [4.78, 5) is 11.9. The number of benzene rings is 1. The molecule has 0 amide bonds. The minimum absolute atomic E-state index is 0.0163. The smallest absolute Gasteiger partial charge is 0.313 e. The van der Waals surface area contributed by atoms with Gasteiger partial charge in [0.1, 0.15) is 0 Å². The Morgan fingerprint density at radius 2 is 2.30 bits per heavy atom. The molecule has 1 fully saturated rings. The van der Waals surface area contributed by atoms with Crippen molar-refractivity contribution in [2.45, 2.75) is 19.4 Å². The molecule has 1 aliphatic heterocycles. The van der Waals surface area contributed by atoms with E-state index in [1.165, 1.54) is 13.2 Å². The number of hydrogen-bond donors (Lipinski definition) is 1. The summed E-state index contributed by atoms with van der Waals surface area (Å²) in [5.41, 5.74) is -0.169. The zero-order valence-electron chi connectivity index (χ0n) is 11.4. The number of nitrogens with zero attached hydrogens (tertiary/aromatic N) is 2. The van der Waals surface area contributed by atoms with E-state index in [4.69, 9.17) is 4.74 Å². The Balaban J connectivity index is 2.45. The Labute approximate surface area is 115 Å². The van der Waals surface area contributed by atoms with E-state index in [2.05, 4.69) is 0 Å². The number of aliphatic hydroxyl groups excluding tert-OH is 1. The van der Waals surface area contributed by atoms with Gasteiger partial charge in [0.05, 0.1) is 36.4 Å². The third-order valence-corrected chi connectivity index (χ3v) is 3.82. The normalized spacial score (nSPS) is 22.1. The second-order valence-corrected chi connectivity index (χ2v) is 4.94. The maximum Gasteiger partial charge on any atom is 0.313 e. The van der Waals surface area contributed by atoms with Crippen LogP contribution >= 0.6 is 0 Å². The van der Waals surface area contributed by atoms with Gasteiger partial charge in [0, 0.05) is 12.6 Å². The predicted octanol–water partition coefficient (Wildman–Crippen LogP) is 1.95. The number of aliphatic hydroxyl groups is 1. The van der Waals surface area contributed by atoms with Crippen LogP contribution in [0.3, 0.4) is 0 Å². The molecule has 2 rings (SSSR count). The molecule has 0 spiro atoms. The van der Waals surface area contributed by atoms with E-state index in [0.717, 1.165) is 12.5 Å². The fourth-order valence-corrected chi connectivity index (χ4v) is 2.64. The van der Waals surface area contributed by atoms with E-state index < -0.39 is 16.4 Å². The van der Waals surface area contributed by atoms with Crippen LogP contribution in [0.5, 0.6) is 5.75 Å². The van der Waals surface area contributed by atoms with E-state index in [9.17, 15) is 19.6 Å². The highest BCUT2D eigenvalue weighted by atomic mass is 19.1. The molecule has 0 radical (unpaired) electrons. The topological polar surface area (TPSA) is 75.8 Å². The Bertz CT molecular complexity index is 523. The lowest BCUT2D eigenvalue weighted by Crippen LogP contribution is -2.35. The second-order valence-electron chi connectivity index (χ2n) is 4.94. The van der Waals surface area contributed by atoms with Crippen molar-refractivity contribution in [2.24, 2.45) is 5.92 Å². The minimum atomic E-state index is -0.679. The average Bonchev–Trinajstić information content (AvgIpc) is 2.79. The van der Waals surface area contributed by atoms with E-state index in [0.29, 0.717) is 6.54 Å². The summed E-state index contributed by atoms with van der Waals surface area (Å²) in [6.45, 7) is 2.51. The Hall–Kier alpha value is -1.89. The van der Waals surface area contributed by atoms with Gasteiger partial charge in [0.15, 0.2) is 11.6 Å². The highest BCUT2D eigenvalue weighted by Crippen LogP contribution is 2.37. The molecule has 6 nitrogen and oxygen atoms in total. The lowest BCUT2D eigenvalue weighted by Gasteiger charge is -2.27. The van der Waals surface area contributed by atoms with Gasteiger partial charge in [-0.1, -0.05) is 6.92 Å². The van der Waals surface area contributed by atoms with Crippen molar-refractivity contribution in [1.82, 2.24) is 0 Å². The summed E-state index contributed by atoms with van der Waals surface area (Å²) < 4.78 is 19.1. The Morgan fingerprint density at radius 1 is 1.60 bits per heavy atom. The van der Waals surface area contributed by atoms with E-state index in [1.54, 1.807) is 4.90 Å². The third-order valence-electron chi connectivity index (χ3n) is 3.82. The number of nitro groups is 1. The van der Waals surface area contributed by atoms with Crippen LogP contribution in [0.15, 0.2) is 12.1 Å². The van der Waals surface area contributed by atoms with Crippen LogP contribution in [0, 0.1) is 21.8 Å². The van der Waals surface area contributed by atoms with Crippen LogP contribution in [0.4, 0.5) is 15.8 Å². The number of hydrogen-bond acceptors (Lipinski definition) is 5. The van der Waals surface area contributed by atoms with E-state index >= 15 is 0 Å².